The molecule has 2 aromatic heterocycles. The van der Waals surface area contributed by atoms with Crippen molar-refractivity contribution in [2.45, 2.75) is 46.2 Å². The molecule has 0 fully saturated rings. The molecule has 0 aliphatic heterocycles. The summed E-state index contributed by atoms with van der Waals surface area (Å²) in [4.78, 5) is 49.2. The number of nitrogens with one attached hydrogen (secondary N) is 1. The third kappa shape index (κ3) is 6.58. The lowest BCUT2D eigenvalue weighted by Gasteiger charge is -2.11. The number of halogens is 1. The Labute approximate surface area is 217 Å². The highest BCUT2D eigenvalue weighted by atomic mass is 19.1. The highest BCUT2D eigenvalue weighted by Crippen LogP contribution is 2.26. The van der Waals surface area contributed by atoms with E-state index in [-0.39, 0.29) is 48.2 Å². The van der Waals surface area contributed by atoms with Crippen LogP contribution in [0, 0.1) is 12.7 Å². The third-order valence-electron chi connectivity index (χ3n) is 5.79. The molecule has 4 rings (SSSR count). The zero-order valence-corrected chi connectivity index (χ0v) is 21.2. The van der Waals surface area contributed by atoms with Crippen molar-refractivity contribution in [1.29, 1.82) is 0 Å². The number of carbonyl (C=O) groups is 1. The summed E-state index contributed by atoms with van der Waals surface area (Å²) in [6.45, 7) is 3.91. The first-order valence-corrected chi connectivity index (χ1v) is 12.3. The zero-order valence-electron chi connectivity index (χ0n) is 21.2. The maximum absolute atomic E-state index is 14.8. The molecule has 0 saturated carbocycles. The van der Waals surface area contributed by atoms with Crippen LogP contribution in [-0.2, 0) is 17.9 Å². The first-order valence-electron chi connectivity index (χ1n) is 12.3. The number of Topliss-reactive ketones (excluding diaryl/α,β-unsaturated/α-hetero) is 1. The van der Waals surface area contributed by atoms with E-state index in [0.29, 0.717) is 12.8 Å². The second-order valence-electron chi connectivity index (χ2n) is 8.79. The Morgan fingerprint density at radius 3 is 2.53 bits per heavy atom. The van der Waals surface area contributed by atoms with Gasteiger partial charge in [-0.05, 0) is 37.1 Å². The Bertz CT molecular complexity index is 1610. The first-order chi connectivity index (χ1) is 18.3. The first kappa shape index (κ1) is 26.5. The molecule has 2 heterocycles. The number of pyridine rings is 1. The number of hydrogen-bond acceptors (Lipinski definition) is 6. The fourth-order valence-electron chi connectivity index (χ4n) is 3.78. The number of hydrogen-bond donors (Lipinski definition) is 1. The van der Waals surface area contributed by atoms with Gasteiger partial charge in [0.1, 0.15) is 5.78 Å². The Hall–Kier alpha value is -4.60. The largest absolute Gasteiger partial charge is 0.436 e. The molecule has 0 spiro atoms. The number of H-pyrrole nitrogens is 1. The van der Waals surface area contributed by atoms with Crippen molar-refractivity contribution in [2.24, 2.45) is 4.99 Å². The number of benzene rings is 2. The quantitative estimate of drug-likeness (QED) is 0.342. The number of aromatic nitrogens is 4. The number of nitrogens with zero attached hydrogens (tertiary/aromatic N) is 4. The summed E-state index contributed by atoms with van der Waals surface area (Å²) in [5.74, 6) is -0.526. The van der Waals surface area contributed by atoms with Gasteiger partial charge in [0, 0.05) is 37.7 Å². The van der Waals surface area contributed by atoms with Crippen molar-refractivity contribution in [2.75, 3.05) is 0 Å². The van der Waals surface area contributed by atoms with Crippen LogP contribution in [0.4, 0.5) is 10.1 Å². The highest BCUT2D eigenvalue weighted by Gasteiger charge is 2.13. The van der Waals surface area contributed by atoms with Crippen molar-refractivity contribution in [3.8, 4) is 11.6 Å². The molecule has 0 radical (unpaired) electrons. The summed E-state index contributed by atoms with van der Waals surface area (Å²) in [6, 6.07) is 16.6. The van der Waals surface area contributed by atoms with Gasteiger partial charge in [0.15, 0.2) is 11.6 Å². The number of ether oxygens (including phenoxy) is 1. The second-order valence-corrected chi connectivity index (χ2v) is 8.79. The molecule has 0 bridgehead atoms. The maximum Gasteiger partial charge on any atom is 0.335 e. The molecule has 196 valence electrons. The standard InChI is InChI=1S/C28H28FN5O4/c1-3-6-22(35)14-16-33-27(36)32-26(34(28(33)37)18-20-10-8-19(2)9-11-20)31-21-12-13-24(23(29)17-21)38-25-7-4-5-15-30-25/h4-5,7-13,15,17H,3,6,14,16,18H2,1-2H3,(H,31,32,36). The monoisotopic (exact) mass is 517 g/mol. The Kier molecular flexibility index (Phi) is 8.42. The minimum atomic E-state index is -0.700. The third-order valence-corrected chi connectivity index (χ3v) is 5.79. The zero-order chi connectivity index (χ0) is 27.1. The topological polar surface area (TPSA) is 111 Å². The van der Waals surface area contributed by atoms with Crippen LogP contribution in [0.15, 0.2) is 81.4 Å². The van der Waals surface area contributed by atoms with E-state index in [0.717, 1.165) is 21.8 Å². The lowest BCUT2D eigenvalue weighted by atomic mass is 10.1. The molecule has 0 amide bonds. The van der Waals surface area contributed by atoms with E-state index < -0.39 is 17.2 Å². The van der Waals surface area contributed by atoms with E-state index in [2.05, 4.69) is 15.0 Å². The predicted molar refractivity (Wildman–Crippen MR) is 140 cm³/mol. The van der Waals surface area contributed by atoms with Gasteiger partial charge >= 0.3 is 11.4 Å². The summed E-state index contributed by atoms with van der Waals surface area (Å²) in [7, 11) is 0. The molecule has 9 nitrogen and oxygen atoms in total. The second kappa shape index (κ2) is 12.1. The number of aromatic amines is 1. The van der Waals surface area contributed by atoms with Gasteiger partial charge in [-0.15, -0.1) is 0 Å². The molecule has 1 N–H and O–H groups in total. The Morgan fingerprint density at radius 2 is 1.84 bits per heavy atom. The molecule has 10 heteroatoms. The van der Waals surface area contributed by atoms with Gasteiger partial charge in [-0.1, -0.05) is 42.8 Å². The average molecular weight is 518 g/mol. The molecule has 0 unspecified atom stereocenters. The van der Waals surface area contributed by atoms with Crippen LogP contribution in [0.3, 0.4) is 0 Å². The summed E-state index contributed by atoms with van der Waals surface area (Å²) in [5, 5.41) is 0. The van der Waals surface area contributed by atoms with Crippen molar-refractivity contribution >= 4 is 11.5 Å². The van der Waals surface area contributed by atoms with Gasteiger partial charge in [-0.3, -0.25) is 14.3 Å². The van der Waals surface area contributed by atoms with E-state index in [1.807, 2.05) is 38.1 Å². The predicted octanol–water partition coefficient (Wildman–Crippen LogP) is 4.01. The number of aryl methyl sites for hydroxylation is 1. The molecule has 0 saturated heterocycles. The van der Waals surface area contributed by atoms with Crippen molar-refractivity contribution in [3.63, 3.8) is 0 Å². The molecule has 4 aromatic rings. The van der Waals surface area contributed by atoms with Gasteiger partial charge in [-0.25, -0.2) is 28.5 Å². The fraction of sp³-hybridized carbons (Fsp3) is 0.250. The highest BCUT2D eigenvalue weighted by molar-refractivity contribution is 5.78. The van der Waals surface area contributed by atoms with Gasteiger partial charge < -0.3 is 4.74 Å². The fourth-order valence-corrected chi connectivity index (χ4v) is 3.78. The summed E-state index contributed by atoms with van der Waals surface area (Å²) in [5.41, 5.74) is 0.663. The van der Waals surface area contributed by atoms with Crippen LogP contribution in [-0.4, -0.2) is 24.9 Å². The normalized spacial score (nSPS) is 11.5. The lowest BCUT2D eigenvalue weighted by molar-refractivity contribution is -0.119. The van der Waals surface area contributed by atoms with Crippen LogP contribution in [0.1, 0.15) is 37.3 Å². The smallest absolute Gasteiger partial charge is 0.335 e. The minimum Gasteiger partial charge on any atom is -0.436 e. The SMILES string of the molecule is CCCC(=O)CCn1c(=O)[nH]/c(=N\c2ccc(Oc3ccccn3)c(F)c2)n(Cc2ccc(C)cc2)c1=O. The van der Waals surface area contributed by atoms with Gasteiger partial charge in [0.05, 0.1) is 12.2 Å². The maximum atomic E-state index is 14.8. The number of carbonyl (C=O) groups excluding carboxylic acids is 1. The Balaban J connectivity index is 1.74. The van der Waals surface area contributed by atoms with Crippen molar-refractivity contribution < 1.29 is 13.9 Å². The van der Waals surface area contributed by atoms with Gasteiger partial charge in [0.2, 0.25) is 11.5 Å². The molecule has 0 atom stereocenters. The minimum absolute atomic E-state index is 0.0267. The van der Waals surface area contributed by atoms with E-state index in [1.165, 1.54) is 22.9 Å². The van der Waals surface area contributed by atoms with Crippen LogP contribution in [0.25, 0.3) is 0 Å². The Morgan fingerprint density at radius 1 is 1.05 bits per heavy atom. The summed E-state index contributed by atoms with van der Waals surface area (Å²) >= 11 is 0. The van der Waals surface area contributed by atoms with Crippen LogP contribution in [0.5, 0.6) is 11.6 Å². The van der Waals surface area contributed by atoms with Crippen LogP contribution >= 0.6 is 0 Å². The molecule has 38 heavy (non-hydrogen) atoms. The molecule has 0 aliphatic carbocycles. The van der Waals surface area contributed by atoms with E-state index in [4.69, 9.17) is 4.74 Å². The lowest BCUT2D eigenvalue weighted by Crippen LogP contribution is -2.50. The van der Waals surface area contributed by atoms with Crippen molar-refractivity contribution in [1.82, 2.24) is 19.1 Å². The average Bonchev–Trinajstić information content (AvgIpc) is 2.89. The summed E-state index contributed by atoms with van der Waals surface area (Å²) < 4.78 is 22.6. The number of rotatable bonds is 10. The molecular formula is C28H28FN5O4. The number of ketones is 1. The van der Waals surface area contributed by atoms with Crippen molar-refractivity contribution in [3.05, 3.63) is 110 Å². The van der Waals surface area contributed by atoms with E-state index in [1.54, 1.807) is 18.2 Å². The van der Waals surface area contributed by atoms with Gasteiger partial charge in [-0.2, -0.15) is 0 Å². The van der Waals surface area contributed by atoms with E-state index in [9.17, 15) is 18.8 Å². The van der Waals surface area contributed by atoms with E-state index >= 15 is 0 Å². The van der Waals surface area contributed by atoms with Gasteiger partial charge in [0.25, 0.3) is 0 Å². The molecule has 0 aliphatic rings. The van der Waals surface area contributed by atoms with Crippen LogP contribution in [0.2, 0.25) is 0 Å². The molecule has 2 aromatic carbocycles. The van der Waals surface area contributed by atoms with Crippen LogP contribution < -0.4 is 21.7 Å². The molecular weight excluding hydrogens is 489 g/mol. The summed E-state index contributed by atoms with van der Waals surface area (Å²) in [6.07, 6.45) is 2.68.